The molecule has 0 N–H and O–H groups in total. The van der Waals surface area contributed by atoms with Crippen LogP contribution >= 0.6 is 0 Å². The number of hydrogen-bond acceptors (Lipinski definition) is 6. The van der Waals surface area contributed by atoms with Crippen molar-refractivity contribution in [1.29, 1.82) is 0 Å². The molecular formula is C19H14FN5O2. The smallest absolute Gasteiger partial charge is 0.278 e. The van der Waals surface area contributed by atoms with Gasteiger partial charge >= 0.3 is 0 Å². The van der Waals surface area contributed by atoms with Crippen molar-refractivity contribution < 1.29 is 13.7 Å². The molecular weight excluding hydrogens is 349 g/mol. The topological polar surface area (TPSA) is 78.9 Å². The highest BCUT2D eigenvalue weighted by Crippen LogP contribution is 2.29. The van der Waals surface area contributed by atoms with Gasteiger partial charge in [-0.2, -0.15) is 10.1 Å². The summed E-state index contributed by atoms with van der Waals surface area (Å²) in [6, 6.07) is 13.7. The first-order valence-electron chi connectivity index (χ1n) is 8.45. The van der Waals surface area contributed by atoms with Crippen molar-refractivity contribution in [1.82, 2.24) is 24.9 Å². The fourth-order valence-corrected chi connectivity index (χ4v) is 3.04. The van der Waals surface area contributed by atoms with Gasteiger partial charge in [-0.25, -0.2) is 4.39 Å². The maximum absolute atomic E-state index is 13.1. The van der Waals surface area contributed by atoms with Crippen molar-refractivity contribution in [2.75, 3.05) is 0 Å². The van der Waals surface area contributed by atoms with Crippen LogP contribution in [0.4, 0.5) is 4.39 Å². The van der Waals surface area contributed by atoms with E-state index in [1.54, 1.807) is 18.3 Å². The van der Waals surface area contributed by atoms with Gasteiger partial charge in [0.05, 0.1) is 18.8 Å². The van der Waals surface area contributed by atoms with E-state index in [-0.39, 0.29) is 11.9 Å². The summed E-state index contributed by atoms with van der Waals surface area (Å²) >= 11 is 0. The fraction of sp³-hybridized carbons (Fsp3) is 0.158. The van der Waals surface area contributed by atoms with E-state index < -0.39 is 0 Å². The lowest BCUT2D eigenvalue weighted by atomic mass is 10.1. The lowest BCUT2D eigenvalue weighted by Crippen LogP contribution is -2.21. The maximum Gasteiger partial charge on any atom is 0.278 e. The normalized spacial score (nSPS) is 16.3. The molecule has 1 aliphatic rings. The van der Waals surface area contributed by atoms with Gasteiger partial charge in [0.15, 0.2) is 5.69 Å². The number of benzene rings is 1. The number of hydrogen-bond donors (Lipinski definition) is 0. The van der Waals surface area contributed by atoms with Crippen molar-refractivity contribution in [3.05, 3.63) is 71.8 Å². The maximum atomic E-state index is 13.1. The van der Waals surface area contributed by atoms with Gasteiger partial charge in [0.25, 0.3) is 5.89 Å². The highest BCUT2D eigenvalue weighted by molar-refractivity contribution is 5.54. The number of pyridine rings is 1. The summed E-state index contributed by atoms with van der Waals surface area (Å²) in [5.41, 5.74) is 3.05. The first kappa shape index (κ1) is 15.8. The summed E-state index contributed by atoms with van der Waals surface area (Å²) in [5, 5.41) is 8.54. The van der Waals surface area contributed by atoms with Crippen LogP contribution in [0.3, 0.4) is 0 Å². The van der Waals surface area contributed by atoms with Gasteiger partial charge in [-0.3, -0.25) is 9.67 Å². The second-order valence-electron chi connectivity index (χ2n) is 6.19. The summed E-state index contributed by atoms with van der Waals surface area (Å²) in [6.07, 6.45) is 1.49. The Morgan fingerprint density at radius 3 is 2.78 bits per heavy atom. The molecule has 4 aromatic rings. The van der Waals surface area contributed by atoms with Crippen LogP contribution in [-0.2, 0) is 17.9 Å². The van der Waals surface area contributed by atoms with Gasteiger partial charge < -0.3 is 9.26 Å². The van der Waals surface area contributed by atoms with Crippen LogP contribution in [0.5, 0.6) is 0 Å². The number of halogens is 1. The molecule has 0 bridgehead atoms. The van der Waals surface area contributed by atoms with E-state index in [1.807, 2.05) is 28.9 Å². The Morgan fingerprint density at radius 2 is 1.96 bits per heavy atom. The van der Waals surface area contributed by atoms with Crippen LogP contribution in [0, 0.1) is 5.82 Å². The number of rotatable bonds is 3. The second kappa shape index (κ2) is 6.40. The Kier molecular flexibility index (Phi) is 3.75. The van der Waals surface area contributed by atoms with E-state index in [0.717, 1.165) is 11.3 Å². The first-order valence-corrected chi connectivity index (χ1v) is 8.45. The van der Waals surface area contributed by atoms with E-state index in [1.165, 1.54) is 12.1 Å². The van der Waals surface area contributed by atoms with E-state index >= 15 is 0 Å². The molecule has 0 fully saturated rings. The SMILES string of the molecule is Fc1ccc([C@@H]2Cn3nc(-c4nc(-c5ccccn5)no4)cc3CO2)cc1. The molecule has 0 spiro atoms. The van der Waals surface area contributed by atoms with E-state index in [2.05, 4.69) is 20.2 Å². The van der Waals surface area contributed by atoms with Gasteiger partial charge in [-0.15, -0.1) is 0 Å². The zero-order chi connectivity index (χ0) is 18.2. The van der Waals surface area contributed by atoms with Gasteiger partial charge in [0.2, 0.25) is 5.82 Å². The lowest BCUT2D eigenvalue weighted by molar-refractivity contribution is -0.00116. The molecule has 134 valence electrons. The van der Waals surface area contributed by atoms with Crippen LogP contribution in [0.25, 0.3) is 23.1 Å². The Hall–Kier alpha value is -3.39. The molecule has 7 nitrogen and oxygen atoms in total. The molecule has 27 heavy (non-hydrogen) atoms. The summed E-state index contributed by atoms with van der Waals surface area (Å²) in [6.45, 7) is 0.929. The zero-order valence-corrected chi connectivity index (χ0v) is 14.1. The van der Waals surface area contributed by atoms with Crippen LogP contribution < -0.4 is 0 Å². The van der Waals surface area contributed by atoms with Gasteiger partial charge in [0, 0.05) is 6.20 Å². The highest BCUT2D eigenvalue weighted by Gasteiger charge is 2.24. The summed E-state index contributed by atoms with van der Waals surface area (Å²) < 4.78 is 26.2. The van der Waals surface area contributed by atoms with E-state index in [9.17, 15) is 4.39 Å². The molecule has 1 aliphatic heterocycles. The molecule has 0 radical (unpaired) electrons. The quantitative estimate of drug-likeness (QED) is 0.555. The van der Waals surface area contributed by atoms with Crippen molar-refractivity contribution in [3.63, 3.8) is 0 Å². The molecule has 1 atom stereocenters. The number of aromatic nitrogens is 5. The van der Waals surface area contributed by atoms with Crippen molar-refractivity contribution in [3.8, 4) is 23.1 Å². The summed E-state index contributed by atoms with van der Waals surface area (Å²) in [5.74, 6) is 0.477. The van der Waals surface area contributed by atoms with Crippen LogP contribution in [0.2, 0.25) is 0 Å². The van der Waals surface area contributed by atoms with Gasteiger partial charge in [-0.05, 0) is 35.9 Å². The Morgan fingerprint density at radius 1 is 1.07 bits per heavy atom. The average molecular weight is 363 g/mol. The van der Waals surface area contributed by atoms with Crippen molar-refractivity contribution in [2.24, 2.45) is 0 Å². The molecule has 4 heterocycles. The number of nitrogens with zero attached hydrogens (tertiary/aromatic N) is 5. The van der Waals surface area contributed by atoms with E-state index in [4.69, 9.17) is 9.26 Å². The predicted molar refractivity (Wildman–Crippen MR) is 92.7 cm³/mol. The third kappa shape index (κ3) is 3.00. The average Bonchev–Trinajstić information content (AvgIpc) is 3.36. The van der Waals surface area contributed by atoms with Crippen LogP contribution in [0.1, 0.15) is 17.4 Å². The molecule has 1 aromatic carbocycles. The Labute approximate surface area is 153 Å². The Balaban J connectivity index is 1.40. The molecule has 8 heteroatoms. The number of fused-ring (bicyclic) bond motifs is 1. The molecule has 0 aliphatic carbocycles. The third-order valence-corrected chi connectivity index (χ3v) is 4.42. The predicted octanol–water partition coefficient (Wildman–Crippen LogP) is 3.41. The third-order valence-electron chi connectivity index (χ3n) is 4.42. The van der Waals surface area contributed by atoms with Gasteiger partial charge in [0.1, 0.15) is 17.6 Å². The molecule has 3 aromatic heterocycles. The van der Waals surface area contributed by atoms with Crippen molar-refractivity contribution >= 4 is 0 Å². The monoisotopic (exact) mass is 363 g/mol. The second-order valence-corrected chi connectivity index (χ2v) is 6.19. The summed E-state index contributed by atoms with van der Waals surface area (Å²) in [4.78, 5) is 8.60. The van der Waals surface area contributed by atoms with Crippen LogP contribution in [-0.4, -0.2) is 24.9 Å². The first-order chi connectivity index (χ1) is 13.3. The zero-order valence-electron chi connectivity index (χ0n) is 14.1. The Bertz CT molecular complexity index is 1080. The molecule has 0 amide bonds. The number of ether oxygens (including phenoxy) is 1. The minimum atomic E-state index is -0.267. The lowest BCUT2D eigenvalue weighted by Gasteiger charge is -2.24. The molecule has 0 saturated carbocycles. The molecule has 0 unspecified atom stereocenters. The molecule has 5 rings (SSSR count). The van der Waals surface area contributed by atoms with Crippen LogP contribution in [0.15, 0.2) is 59.3 Å². The minimum absolute atomic E-state index is 0.183. The fourth-order valence-electron chi connectivity index (χ4n) is 3.04. The van der Waals surface area contributed by atoms with E-state index in [0.29, 0.717) is 36.3 Å². The largest absolute Gasteiger partial charge is 0.365 e. The molecule has 0 saturated heterocycles. The standard InChI is InChI=1S/C19H14FN5O2/c20-13-6-4-12(5-7-13)17-10-25-14(11-26-17)9-16(23-25)19-22-18(24-27-19)15-3-1-2-8-21-15/h1-9,17H,10-11H2/t17-/m0/s1. The highest BCUT2D eigenvalue weighted by atomic mass is 19.1. The minimum Gasteiger partial charge on any atom is -0.365 e. The van der Waals surface area contributed by atoms with Crippen molar-refractivity contribution in [2.45, 2.75) is 19.3 Å². The summed E-state index contributed by atoms with van der Waals surface area (Å²) in [7, 11) is 0. The van der Waals surface area contributed by atoms with Gasteiger partial charge in [-0.1, -0.05) is 23.4 Å².